The fraction of sp³-hybridized carbons (Fsp3) is 1.00. The van der Waals surface area contributed by atoms with Gasteiger partial charge in [-0.05, 0) is 19.3 Å². The lowest BCUT2D eigenvalue weighted by Gasteiger charge is -2.10. The van der Waals surface area contributed by atoms with Crippen molar-refractivity contribution in [3.05, 3.63) is 0 Å². The highest BCUT2D eigenvalue weighted by molar-refractivity contribution is 7.85. The Morgan fingerprint density at radius 2 is 1.04 bits per heavy atom. The van der Waals surface area contributed by atoms with Crippen LogP contribution in [0.25, 0.3) is 0 Å². The monoisotopic (exact) mass is 364 g/mol. The van der Waals surface area contributed by atoms with E-state index in [0.717, 1.165) is 57.8 Å². The predicted octanol–water partition coefficient (Wildman–Crippen LogP) is 5.50. The molecule has 4 nitrogen and oxygen atoms in total. The van der Waals surface area contributed by atoms with Gasteiger partial charge in [0.15, 0.2) is 0 Å². The minimum atomic E-state index is -3.78. The highest BCUT2D eigenvalue weighted by Crippen LogP contribution is 2.14. The van der Waals surface area contributed by atoms with E-state index in [1.54, 1.807) is 0 Å². The van der Waals surface area contributed by atoms with E-state index in [9.17, 15) is 13.5 Å². The Hall–Kier alpha value is -0.130. The molecule has 0 bridgehead atoms. The third-order valence-electron chi connectivity index (χ3n) is 4.58. The second-order valence-electron chi connectivity index (χ2n) is 7.11. The Labute approximate surface area is 150 Å². The molecule has 1 atom stereocenters. The molecular weight excluding hydrogens is 324 g/mol. The normalized spacial score (nSPS) is 13.3. The number of unbranched alkanes of at least 4 members (excludes halogenated alkanes) is 12. The summed E-state index contributed by atoms with van der Waals surface area (Å²) in [4.78, 5) is 0. The van der Waals surface area contributed by atoms with Gasteiger partial charge in [-0.2, -0.15) is 8.42 Å². The second-order valence-corrected chi connectivity index (χ2v) is 8.69. The molecule has 0 saturated carbocycles. The number of hydrogen-bond acceptors (Lipinski definition) is 3. The summed E-state index contributed by atoms with van der Waals surface area (Å²) in [6.07, 6.45) is 17.7. The van der Waals surface area contributed by atoms with Crippen molar-refractivity contribution in [1.82, 2.24) is 0 Å². The molecule has 0 aliphatic rings. The highest BCUT2D eigenvalue weighted by Gasteiger charge is 2.04. The largest absolute Gasteiger partial charge is 0.393 e. The van der Waals surface area contributed by atoms with Crippen LogP contribution < -0.4 is 0 Å². The Balaban J connectivity index is 3.21. The highest BCUT2D eigenvalue weighted by atomic mass is 32.2. The van der Waals surface area contributed by atoms with Gasteiger partial charge in [-0.1, -0.05) is 90.4 Å². The van der Waals surface area contributed by atoms with E-state index in [1.165, 1.54) is 38.5 Å². The zero-order chi connectivity index (χ0) is 18.1. The number of aliphatic hydroxyl groups is 1. The first-order valence-corrected chi connectivity index (χ1v) is 11.7. The van der Waals surface area contributed by atoms with Crippen LogP contribution in [0.15, 0.2) is 0 Å². The Morgan fingerprint density at radius 3 is 1.46 bits per heavy atom. The van der Waals surface area contributed by atoms with Gasteiger partial charge < -0.3 is 5.11 Å². The molecule has 5 heteroatoms. The van der Waals surface area contributed by atoms with Gasteiger partial charge in [0.25, 0.3) is 10.1 Å². The van der Waals surface area contributed by atoms with Crippen LogP contribution in [0.5, 0.6) is 0 Å². The summed E-state index contributed by atoms with van der Waals surface area (Å²) in [5, 5.41) is 9.96. The van der Waals surface area contributed by atoms with E-state index in [1.807, 2.05) is 0 Å². The summed E-state index contributed by atoms with van der Waals surface area (Å²) in [5.74, 6) is -0.113. The molecule has 0 amide bonds. The van der Waals surface area contributed by atoms with Gasteiger partial charge in [-0.25, -0.2) is 0 Å². The van der Waals surface area contributed by atoms with E-state index in [0.29, 0.717) is 6.42 Å². The molecule has 0 aromatic carbocycles. The van der Waals surface area contributed by atoms with Crippen LogP contribution in [0.4, 0.5) is 0 Å². The van der Waals surface area contributed by atoms with Crippen LogP contribution in [0.1, 0.15) is 110 Å². The van der Waals surface area contributed by atoms with Gasteiger partial charge in [0, 0.05) is 0 Å². The Kier molecular flexibility index (Phi) is 16.3. The standard InChI is InChI=1S/C19H40O4S/c1-2-3-4-5-7-10-13-16-19(20)17-14-11-8-6-9-12-15-18-24(21,22)23/h19-20H,2-18H2,1H3,(H,21,22,23). The number of rotatable bonds is 18. The Morgan fingerprint density at radius 1 is 0.667 bits per heavy atom. The molecule has 0 fully saturated rings. The first-order valence-electron chi connectivity index (χ1n) is 10.1. The minimum absolute atomic E-state index is 0.113. The van der Waals surface area contributed by atoms with Crippen LogP contribution in [-0.4, -0.2) is 29.9 Å². The molecule has 0 spiro atoms. The SMILES string of the molecule is CCCCCCCCCC(O)CCCCCCCCCS(=O)(=O)O. The zero-order valence-corrected chi connectivity index (χ0v) is 16.5. The number of hydrogen-bond donors (Lipinski definition) is 2. The van der Waals surface area contributed by atoms with Crippen molar-refractivity contribution in [2.75, 3.05) is 5.75 Å². The van der Waals surface area contributed by atoms with Crippen LogP contribution in [0.3, 0.4) is 0 Å². The smallest absolute Gasteiger partial charge is 0.264 e. The second kappa shape index (κ2) is 16.3. The molecule has 24 heavy (non-hydrogen) atoms. The molecule has 0 aromatic heterocycles. The summed E-state index contributed by atoms with van der Waals surface area (Å²) in [6.45, 7) is 2.24. The summed E-state index contributed by atoms with van der Waals surface area (Å²) < 4.78 is 29.7. The molecular formula is C19H40O4S. The first kappa shape index (κ1) is 23.9. The van der Waals surface area contributed by atoms with E-state index in [4.69, 9.17) is 4.55 Å². The average Bonchev–Trinajstić information content (AvgIpc) is 2.51. The molecule has 146 valence electrons. The number of aliphatic hydroxyl groups excluding tert-OH is 1. The molecule has 0 aromatic rings. The maximum absolute atomic E-state index is 10.6. The van der Waals surface area contributed by atoms with Crippen molar-refractivity contribution in [3.63, 3.8) is 0 Å². The van der Waals surface area contributed by atoms with Crippen molar-refractivity contribution in [2.45, 2.75) is 116 Å². The van der Waals surface area contributed by atoms with Gasteiger partial charge in [0.2, 0.25) is 0 Å². The van der Waals surface area contributed by atoms with E-state index < -0.39 is 10.1 Å². The summed E-state index contributed by atoms with van der Waals surface area (Å²) in [7, 11) is -3.78. The molecule has 0 aliphatic carbocycles. The average molecular weight is 365 g/mol. The van der Waals surface area contributed by atoms with Gasteiger partial charge in [0.1, 0.15) is 0 Å². The van der Waals surface area contributed by atoms with Crippen molar-refractivity contribution in [3.8, 4) is 0 Å². The third kappa shape index (κ3) is 19.9. The molecule has 0 rings (SSSR count). The van der Waals surface area contributed by atoms with Crippen LogP contribution in [0.2, 0.25) is 0 Å². The van der Waals surface area contributed by atoms with Crippen LogP contribution >= 0.6 is 0 Å². The Bertz CT molecular complexity index is 354. The van der Waals surface area contributed by atoms with E-state index in [-0.39, 0.29) is 11.9 Å². The summed E-state index contributed by atoms with van der Waals surface area (Å²) in [5.41, 5.74) is 0. The lowest BCUT2D eigenvalue weighted by molar-refractivity contribution is 0.147. The fourth-order valence-corrected chi connectivity index (χ4v) is 3.60. The lowest BCUT2D eigenvalue weighted by atomic mass is 10.0. The maximum atomic E-state index is 10.6. The predicted molar refractivity (Wildman–Crippen MR) is 102 cm³/mol. The molecule has 0 radical (unpaired) electrons. The van der Waals surface area contributed by atoms with Crippen LogP contribution in [0, 0.1) is 0 Å². The lowest BCUT2D eigenvalue weighted by Crippen LogP contribution is -2.06. The van der Waals surface area contributed by atoms with Gasteiger partial charge >= 0.3 is 0 Å². The molecule has 0 saturated heterocycles. The fourth-order valence-electron chi connectivity index (χ4n) is 3.03. The van der Waals surface area contributed by atoms with Crippen molar-refractivity contribution in [1.29, 1.82) is 0 Å². The summed E-state index contributed by atoms with van der Waals surface area (Å²) in [6, 6.07) is 0. The van der Waals surface area contributed by atoms with E-state index in [2.05, 4.69) is 6.92 Å². The molecule has 0 aliphatic heterocycles. The zero-order valence-electron chi connectivity index (χ0n) is 15.7. The maximum Gasteiger partial charge on any atom is 0.264 e. The van der Waals surface area contributed by atoms with E-state index >= 15 is 0 Å². The van der Waals surface area contributed by atoms with Crippen LogP contribution in [-0.2, 0) is 10.1 Å². The minimum Gasteiger partial charge on any atom is -0.393 e. The van der Waals surface area contributed by atoms with Crippen molar-refractivity contribution in [2.24, 2.45) is 0 Å². The van der Waals surface area contributed by atoms with Crippen molar-refractivity contribution >= 4 is 10.1 Å². The van der Waals surface area contributed by atoms with Crippen molar-refractivity contribution < 1.29 is 18.1 Å². The summed E-state index contributed by atoms with van der Waals surface area (Å²) >= 11 is 0. The molecule has 2 N–H and O–H groups in total. The first-order chi connectivity index (χ1) is 11.5. The van der Waals surface area contributed by atoms with Gasteiger partial charge in [-0.3, -0.25) is 4.55 Å². The van der Waals surface area contributed by atoms with Gasteiger partial charge in [-0.15, -0.1) is 0 Å². The third-order valence-corrected chi connectivity index (χ3v) is 5.39. The molecule has 0 heterocycles. The topological polar surface area (TPSA) is 74.6 Å². The quantitative estimate of drug-likeness (QED) is 0.249. The molecule has 1 unspecified atom stereocenters. The van der Waals surface area contributed by atoms with Gasteiger partial charge in [0.05, 0.1) is 11.9 Å².